The lowest BCUT2D eigenvalue weighted by atomic mass is 10.2. The first kappa shape index (κ1) is 18.3. The Labute approximate surface area is 159 Å². The standard InChI is InChI=1S/C18H16ClN3O3S/c1-11(16(23)20-14-5-3-4-6-15(14)24-2)26-18-22-21-17(25-18)12-7-9-13(19)10-8-12/h3-11H,1-2H3,(H,20,23)/t11-/m1/s1. The molecule has 1 N–H and O–H groups in total. The molecular formula is C18H16ClN3O3S. The Balaban J connectivity index is 1.65. The number of carbonyl (C=O) groups excluding carboxylic acids is 1. The van der Waals surface area contributed by atoms with Crippen molar-refractivity contribution in [2.75, 3.05) is 12.4 Å². The number of aromatic nitrogens is 2. The Hall–Kier alpha value is -2.51. The van der Waals surface area contributed by atoms with E-state index in [1.54, 1.807) is 50.4 Å². The van der Waals surface area contributed by atoms with Gasteiger partial charge in [-0.1, -0.05) is 35.5 Å². The van der Waals surface area contributed by atoms with Crippen LogP contribution < -0.4 is 10.1 Å². The van der Waals surface area contributed by atoms with Crippen molar-refractivity contribution in [1.29, 1.82) is 0 Å². The minimum absolute atomic E-state index is 0.189. The highest BCUT2D eigenvalue weighted by Crippen LogP contribution is 2.28. The number of methoxy groups -OCH3 is 1. The van der Waals surface area contributed by atoms with Gasteiger partial charge in [0.05, 0.1) is 18.0 Å². The van der Waals surface area contributed by atoms with E-state index in [2.05, 4.69) is 15.5 Å². The van der Waals surface area contributed by atoms with E-state index in [4.69, 9.17) is 20.8 Å². The number of benzene rings is 2. The van der Waals surface area contributed by atoms with Crippen molar-refractivity contribution in [2.24, 2.45) is 0 Å². The Morgan fingerprint density at radius 2 is 1.92 bits per heavy atom. The fourth-order valence-electron chi connectivity index (χ4n) is 2.15. The zero-order chi connectivity index (χ0) is 18.5. The maximum Gasteiger partial charge on any atom is 0.277 e. The number of nitrogens with one attached hydrogen (secondary N) is 1. The van der Waals surface area contributed by atoms with Crippen LogP contribution in [0, 0.1) is 0 Å². The van der Waals surface area contributed by atoms with E-state index in [0.29, 0.717) is 27.6 Å². The summed E-state index contributed by atoms with van der Waals surface area (Å²) >= 11 is 7.06. The molecule has 3 rings (SSSR count). The molecule has 0 spiro atoms. The maximum absolute atomic E-state index is 12.4. The minimum Gasteiger partial charge on any atom is -0.495 e. The molecule has 1 heterocycles. The van der Waals surface area contributed by atoms with Crippen molar-refractivity contribution < 1.29 is 13.9 Å². The van der Waals surface area contributed by atoms with E-state index in [-0.39, 0.29) is 5.91 Å². The number of carbonyl (C=O) groups is 1. The van der Waals surface area contributed by atoms with E-state index in [9.17, 15) is 4.79 Å². The zero-order valence-corrected chi connectivity index (χ0v) is 15.7. The average Bonchev–Trinajstić information content (AvgIpc) is 3.11. The van der Waals surface area contributed by atoms with Gasteiger partial charge in [-0.2, -0.15) is 0 Å². The number of para-hydroxylation sites is 2. The average molecular weight is 390 g/mol. The van der Waals surface area contributed by atoms with Crippen LogP contribution in [-0.2, 0) is 4.79 Å². The van der Waals surface area contributed by atoms with Crippen LogP contribution in [0.15, 0.2) is 58.2 Å². The lowest BCUT2D eigenvalue weighted by Crippen LogP contribution is -2.22. The summed E-state index contributed by atoms with van der Waals surface area (Å²) < 4.78 is 10.9. The summed E-state index contributed by atoms with van der Waals surface area (Å²) in [6.45, 7) is 1.77. The number of halogens is 1. The molecule has 26 heavy (non-hydrogen) atoms. The van der Waals surface area contributed by atoms with Crippen LogP contribution in [0.3, 0.4) is 0 Å². The predicted octanol–water partition coefficient (Wildman–Crippen LogP) is 4.52. The van der Waals surface area contributed by atoms with Gasteiger partial charge in [0.15, 0.2) is 0 Å². The van der Waals surface area contributed by atoms with Gasteiger partial charge in [0.25, 0.3) is 5.22 Å². The SMILES string of the molecule is COc1ccccc1NC(=O)[C@@H](C)Sc1nnc(-c2ccc(Cl)cc2)o1. The van der Waals surface area contributed by atoms with Crippen LogP contribution in [0.5, 0.6) is 5.75 Å². The largest absolute Gasteiger partial charge is 0.495 e. The van der Waals surface area contributed by atoms with Gasteiger partial charge in [-0.3, -0.25) is 4.79 Å². The molecule has 1 aromatic heterocycles. The smallest absolute Gasteiger partial charge is 0.277 e. The summed E-state index contributed by atoms with van der Waals surface area (Å²) in [5.41, 5.74) is 1.37. The quantitative estimate of drug-likeness (QED) is 0.624. The van der Waals surface area contributed by atoms with Gasteiger partial charge in [0.2, 0.25) is 11.8 Å². The first-order valence-electron chi connectivity index (χ1n) is 7.77. The number of amides is 1. The molecule has 0 saturated heterocycles. The molecule has 0 aliphatic rings. The molecule has 0 aliphatic carbocycles. The monoisotopic (exact) mass is 389 g/mol. The fourth-order valence-corrected chi connectivity index (χ4v) is 2.96. The fraction of sp³-hybridized carbons (Fsp3) is 0.167. The minimum atomic E-state index is -0.432. The number of anilines is 1. The Morgan fingerprint density at radius 1 is 1.19 bits per heavy atom. The molecule has 2 aromatic carbocycles. The summed E-state index contributed by atoms with van der Waals surface area (Å²) in [6.07, 6.45) is 0. The van der Waals surface area contributed by atoms with Crippen LogP contribution >= 0.6 is 23.4 Å². The van der Waals surface area contributed by atoms with Crippen LogP contribution in [0.25, 0.3) is 11.5 Å². The normalized spacial score (nSPS) is 11.8. The van der Waals surface area contributed by atoms with E-state index in [1.165, 1.54) is 11.8 Å². The number of rotatable bonds is 6. The summed E-state index contributed by atoms with van der Waals surface area (Å²) in [5, 5.41) is 11.3. The van der Waals surface area contributed by atoms with Gasteiger partial charge in [-0.25, -0.2) is 0 Å². The zero-order valence-electron chi connectivity index (χ0n) is 14.1. The van der Waals surface area contributed by atoms with Gasteiger partial charge in [-0.15, -0.1) is 10.2 Å². The van der Waals surface area contributed by atoms with Gasteiger partial charge >= 0.3 is 0 Å². The van der Waals surface area contributed by atoms with Crippen molar-refractivity contribution in [1.82, 2.24) is 10.2 Å². The molecule has 0 fully saturated rings. The second kappa shape index (κ2) is 8.25. The molecule has 0 radical (unpaired) electrons. The number of ether oxygens (including phenoxy) is 1. The Kier molecular flexibility index (Phi) is 5.80. The highest BCUT2D eigenvalue weighted by Gasteiger charge is 2.20. The van der Waals surface area contributed by atoms with Gasteiger partial charge < -0.3 is 14.5 Å². The van der Waals surface area contributed by atoms with Gasteiger partial charge in [0, 0.05) is 10.6 Å². The molecule has 0 unspecified atom stereocenters. The van der Waals surface area contributed by atoms with Crippen molar-refractivity contribution in [3.05, 3.63) is 53.6 Å². The lowest BCUT2D eigenvalue weighted by molar-refractivity contribution is -0.115. The van der Waals surface area contributed by atoms with Crippen LogP contribution in [0.4, 0.5) is 5.69 Å². The lowest BCUT2D eigenvalue weighted by Gasteiger charge is -2.12. The molecule has 0 saturated carbocycles. The summed E-state index contributed by atoms with van der Waals surface area (Å²) in [7, 11) is 1.56. The third kappa shape index (κ3) is 4.36. The second-order valence-corrected chi connectivity index (χ2v) is 7.06. The van der Waals surface area contributed by atoms with Gasteiger partial charge in [0.1, 0.15) is 5.75 Å². The molecule has 6 nitrogen and oxygen atoms in total. The molecule has 0 aliphatic heterocycles. The van der Waals surface area contributed by atoms with E-state index in [0.717, 1.165) is 5.56 Å². The predicted molar refractivity (Wildman–Crippen MR) is 102 cm³/mol. The second-order valence-electron chi connectivity index (χ2n) is 5.33. The topological polar surface area (TPSA) is 77.2 Å². The number of nitrogens with zero attached hydrogens (tertiary/aromatic N) is 2. The van der Waals surface area contributed by atoms with Crippen LogP contribution in [-0.4, -0.2) is 28.5 Å². The number of thioether (sulfide) groups is 1. The Bertz CT molecular complexity index is 899. The molecule has 0 bridgehead atoms. The van der Waals surface area contributed by atoms with Crippen molar-refractivity contribution in [3.63, 3.8) is 0 Å². The highest BCUT2D eigenvalue weighted by atomic mass is 35.5. The van der Waals surface area contributed by atoms with Crippen molar-refractivity contribution in [3.8, 4) is 17.2 Å². The number of hydrogen-bond acceptors (Lipinski definition) is 6. The summed E-state index contributed by atoms with van der Waals surface area (Å²) in [5.74, 6) is 0.785. The highest BCUT2D eigenvalue weighted by molar-refractivity contribution is 8.00. The van der Waals surface area contributed by atoms with Crippen molar-refractivity contribution >= 4 is 35.0 Å². The van der Waals surface area contributed by atoms with E-state index >= 15 is 0 Å². The van der Waals surface area contributed by atoms with Crippen molar-refractivity contribution in [2.45, 2.75) is 17.4 Å². The molecule has 1 atom stereocenters. The summed E-state index contributed by atoms with van der Waals surface area (Å²) in [6, 6.07) is 14.3. The van der Waals surface area contributed by atoms with E-state index < -0.39 is 5.25 Å². The van der Waals surface area contributed by atoms with Crippen LogP contribution in [0.2, 0.25) is 5.02 Å². The first-order valence-corrected chi connectivity index (χ1v) is 9.02. The Morgan fingerprint density at radius 3 is 2.65 bits per heavy atom. The van der Waals surface area contributed by atoms with Gasteiger partial charge in [-0.05, 0) is 43.3 Å². The molecular weight excluding hydrogens is 374 g/mol. The molecule has 1 amide bonds. The first-order chi connectivity index (χ1) is 12.6. The third-order valence-electron chi connectivity index (χ3n) is 3.51. The molecule has 8 heteroatoms. The third-order valence-corrected chi connectivity index (χ3v) is 4.70. The molecule has 134 valence electrons. The van der Waals surface area contributed by atoms with Crippen LogP contribution in [0.1, 0.15) is 6.92 Å². The number of hydrogen-bond donors (Lipinski definition) is 1. The summed E-state index contributed by atoms with van der Waals surface area (Å²) in [4.78, 5) is 12.4. The van der Waals surface area contributed by atoms with E-state index in [1.807, 2.05) is 12.1 Å². The molecule has 3 aromatic rings. The maximum atomic E-state index is 12.4.